The zero-order chi connectivity index (χ0) is 15.4. The number of amides is 2. The Morgan fingerprint density at radius 3 is 3.00 bits per heavy atom. The number of rotatable bonds is 4. The van der Waals surface area contributed by atoms with Gasteiger partial charge in [-0.15, -0.1) is 0 Å². The number of piperidine rings is 1. The average Bonchev–Trinajstić information content (AvgIpc) is 2.43. The van der Waals surface area contributed by atoms with Gasteiger partial charge in [-0.05, 0) is 31.0 Å². The molecular formula is C15H20ClN3O2. The van der Waals surface area contributed by atoms with Gasteiger partial charge in [0.1, 0.15) is 0 Å². The summed E-state index contributed by atoms with van der Waals surface area (Å²) in [6.45, 7) is 3.12. The molecule has 1 aliphatic heterocycles. The fourth-order valence-corrected chi connectivity index (χ4v) is 2.63. The summed E-state index contributed by atoms with van der Waals surface area (Å²) in [4.78, 5) is 25.7. The molecule has 2 rings (SSSR count). The molecule has 0 bridgehead atoms. The van der Waals surface area contributed by atoms with Gasteiger partial charge in [0.05, 0.1) is 11.4 Å². The first-order valence-corrected chi connectivity index (χ1v) is 7.49. The van der Waals surface area contributed by atoms with Crippen molar-refractivity contribution in [3.05, 3.63) is 23.2 Å². The van der Waals surface area contributed by atoms with E-state index < -0.39 is 0 Å². The van der Waals surface area contributed by atoms with Crippen molar-refractivity contribution in [3.8, 4) is 0 Å². The molecule has 1 aromatic rings. The van der Waals surface area contributed by atoms with E-state index in [9.17, 15) is 9.59 Å². The number of anilines is 2. The predicted octanol–water partition coefficient (Wildman–Crippen LogP) is 2.51. The Kier molecular flexibility index (Phi) is 5.07. The first-order valence-electron chi connectivity index (χ1n) is 7.11. The van der Waals surface area contributed by atoms with Gasteiger partial charge < -0.3 is 16.0 Å². The molecule has 1 unspecified atom stereocenters. The van der Waals surface area contributed by atoms with Crippen LogP contribution in [0.5, 0.6) is 0 Å². The van der Waals surface area contributed by atoms with Gasteiger partial charge in [0.25, 0.3) is 0 Å². The zero-order valence-corrected chi connectivity index (χ0v) is 12.8. The Balaban J connectivity index is 1.86. The highest BCUT2D eigenvalue weighted by Gasteiger charge is 2.25. The Morgan fingerprint density at radius 1 is 1.52 bits per heavy atom. The van der Waals surface area contributed by atoms with Gasteiger partial charge in [-0.1, -0.05) is 18.5 Å². The second-order valence-electron chi connectivity index (χ2n) is 5.40. The van der Waals surface area contributed by atoms with Crippen molar-refractivity contribution in [3.63, 3.8) is 0 Å². The SMILES string of the molecule is CC1CCCN(CCC(=O)Nc2ccc(Cl)cc2N)C1=O. The van der Waals surface area contributed by atoms with Crippen LogP contribution in [0.25, 0.3) is 0 Å². The number of benzene rings is 1. The summed E-state index contributed by atoms with van der Waals surface area (Å²) < 4.78 is 0. The molecule has 1 aromatic carbocycles. The lowest BCUT2D eigenvalue weighted by Gasteiger charge is -2.30. The van der Waals surface area contributed by atoms with Gasteiger partial charge >= 0.3 is 0 Å². The summed E-state index contributed by atoms with van der Waals surface area (Å²) in [7, 11) is 0. The quantitative estimate of drug-likeness (QED) is 0.839. The number of carbonyl (C=O) groups excluding carboxylic acids is 2. The molecule has 1 heterocycles. The molecule has 1 aliphatic rings. The Hall–Kier alpha value is -1.75. The largest absolute Gasteiger partial charge is 0.397 e. The van der Waals surface area contributed by atoms with Gasteiger partial charge in [-0.2, -0.15) is 0 Å². The molecule has 0 aromatic heterocycles. The van der Waals surface area contributed by atoms with E-state index in [-0.39, 0.29) is 24.2 Å². The number of nitrogens with two attached hydrogens (primary N) is 1. The third-order valence-electron chi connectivity index (χ3n) is 3.69. The average molecular weight is 310 g/mol. The van der Waals surface area contributed by atoms with Crippen LogP contribution in [-0.2, 0) is 9.59 Å². The van der Waals surface area contributed by atoms with Crippen molar-refractivity contribution in [2.75, 3.05) is 24.1 Å². The molecule has 1 atom stereocenters. The Labute approximate surface area is 129 Å². The van der Waals surface area contributed by atoms with Crippen LogP contribution in [0.2, 0.25) is 5.02 Å². The first-order chi connectivity index (χ1) is 9.97. The lowest BCUT2D eigenvalue weighted by molar-refractivity contribution is -0.138. The van der Waals surface area contributed by atoms with Gasteiger partial charge in [-0.3, -0.25) is 9.59 Å². The van der Waals surface area contributed by atoms with E-state index in [1.54, 1.807) is 23.1 Å². The summed E-state index contributed by atoms with van der Waals surface area (Å²) in [5, 5.41) is 3.27. The monoisotopic (exact) mass is 309 g/mol. The minimum absolute atomic E-state index is 0.0636. The number of hydrogen-bond donors (Lipinski definition) is 2. The number of likely N-dealkylation sites (tertiary alicyclic amines) is 1. The molecule has 5 nitrogen and oxygen atoms in total. The van der Waals surface area contributed by atoms with Crippen LogP contribution in [-0.4, -0.2) is 29.8 Å². The lowest BCUT2D eigenvalue weighted by Crippen LogP contribution is -2.41. The van der Waals surface area contributed by atoms with Crippen molar-refractivity contribution in [1.82, 2.24) is 4.90 Å². The molecule has 21 heavy (non-hydrogen) atoms. The molecule has 0 aliphatic carbocycles. The lowest BCUT2D eigenvalue weighted by atomic mass is 9.99. The molecule has 6 heteroatoms. The van der Waals surface area contributed by atoms with Crippen LogP contribution >= 0.6 is 11.6 Å². The maximum atomic E-state index is 11.9. The van der Waals surface area contributed by atoms with Crippen molar-refractivity contribution in [2.24, 2.45) is 5.92 Å². The molecule has 0 radical (unpaired) electrons. The highest BCUT2D eigenvalue weighted by Crippen LogP contribution is 2.23. The van der Waals surface area contributed by atoms with E-state index in [0.29, 0.717) is 22.9 Å². The normalized spacial score (nSPS) is 18.7. The second-order valence-corrected chi connectivity index (χ2v) is 5.83. The van der Waals surface area contributed by atoms with Gasteiger partial charge in [0.15, 0.2) is 0 Å². The van der Waals surface area contributed by atoms with E-state index in [2.05, 4.69) is 5.32 Å². The minimum atomic E-state index is -0.157. The smallest absolute Gasteiger partial charge is 0.226 e. The first kappa shape index (κ1) is 15.6. The topological polar surface area (TPSA) is 75.4 Å². The van der Waals surface area contributed by atoms with E-state index in [0.717, 1.165) is 19.4 Å². The summed E-state index contributed by atoms with van der Waals surface area (Å²) in [6.07, 6.45) is 2.20. The molecule has 2 amide bonds. The maximum Gasteiger partial charge on any atom is 0.226 e. The number of carbonyl (C=O) groups is 2. The minimum Gasteiger partial charge on any atom is -0.397 e. The standard InChI is InChI=1S/C15H20ClN3O2/c1-10-3-2-7-19(15(10)21)8-6-14(20)18-13-5-4-11(16)9-12(13)17/h4-5,9-10H,2-3,6-8,17H2,1H3,(H,18,20). The molecule has 1 fully saturated rings. The number of nitrogens with zero attached hydrogens (tertiary/aromatic N) is 1. The van der Waals surface area contributed by atoms with Gasteiger partial charge in [0, 0.05) is 30.5 Å². The Bertz CT molecular complexity index is 548. The van der Waals surface area contributed by atoms with Crippen LogP contribution in [0.1, 0.15) is 26.2 Å². The van der Waals surface area contributed by atoms with Crippen LogP contribution in [0.4, 0.5) is 11.4 Å². The highest BCUT2D eigenvalue weighted by atomic mass is 35.5. The molecular weight excluding hydrogens is 290 g/mol. The van der Waals surface area contributed by atoms with Crippen molar-refractivity contribution < 1.29 is 9.59 Å². The number of nitrogens with one attached hydrogen (secondary N) is 1. The van der Waals surface area contributed by atoms with Gasteiger partial charge in [-0.25, -0.2) is 0 Å². The predicted molar refractivity (Wildman–Crippen MR) is 84.1 cm³/mol. The summed E-state index contributed by atoms with van der Waals surface area (Å²) in [5.41, 5.74) is 6.76. The number of halogens is 1. The summed E-state index contributed by atoms with van der Waals surface area (Å²) >= 11 is 5.81. The number of nitrogen functional groups attached to an aromatic ring is 1. The summed E-state index contributed by atoms with van der Waals surface area (Å²) in [6, 6.07) is 4.93. The molecule has 0 saturated carbocycles. The van der Waals surface area contributed by atoms with Crippen LogP contribution in [0.3, 0.4) is 0 Å². The van der Waals surface area contributed by atoms with Crippen molar-refractivity contribution in [2.45, 2.75) is 26.2 Å². The molecule has 114 valence electrons. The maximum absolute atomic E-state index is 11.9. The van der Waals surface area contributed by atoms with Crippen molar-refractivity contribution >= 4 is 34.8 Å². The molecule has 3 N–H and O–H groups in total. The molecule has 1 saturated heterocycles. The van der Waals surface area contributed by atoms with Crippen LogP contribution in [0, 0.1) is 5.92 Å². The summed E-state index contributed by atoms with van der Waals surface area (Å²) in [5.74, 6) is 0.0452. The van der Waals surface area contributed by atoms with E-state index in [1.165, 1.54) is 0 Å². The van der Waals surface area contributed by atoms with Crippen LogP contribution in [0.15, 0.2) is 18.2 Å². The number of hydrogen-bond acceptors (Lipinski definition) is 3. The fraction of sp³-hybridized carbons (Fsp3) is 0.467. The van der Waals surface area contributed by atoms with Crippen molar-refractivity contribution in [1.29, 1.82) is 0 Å². The van der Waals surface area contributed by atoms with E-state index >= 15 is 0 Å². The third kappa shape index (κ3) is 4.11. The zero-order valence-electron chi connectivity index (χ0n) is 12.1. The van der Waals surface area contributed by atoms with E-state index in [4.69, 9.17) is 17.3 Å². The van der Waals surface area contributed by atoms with Crippen LogP contribution < -0.4 is 11.1 Å². The second kappa shape index (κ2) is 6.80. The van der Waals surface area contributed by atoms with Gasteiger partial charge in [0.2, 0.25) is 11.8 Å². The van der Waals surface area contributed by atoms with E-state index in [1.807, 2.05) is 6.92 Å². The Morgan fingerprint density at radius 2 is 2.29 bits per heavy atom. The highest BCUT2D eigenvalue weighted by molar-refractivity contribution is 6.31. The fourth-order valence-electron chi connectivity index (χ4n) is 2.45. The third-order valence-corrected chi connectivity index (χ3v) is 3.93. The molecule has 0 spiro atoms.